The maximum Gasteiger partial charge on any atom is 0.255 e. The molecule has 0 aromatic heterocycles. The third-order valence-electron chi connectivity index (χ3n) is 4.03. The van der Waals surface area contributed by atoms with E-state index in [1.165, 1.54) is 5.56 Å². The van der Waals surface area contributed by atoms with E-state index in [2.05, 4.69) is 17.4 Å². The highest BCUT2D eigenvalue weighted by atomic mass is 16.5. The lowest BCUT2D eigenvalue weighted by Crippen LogP contribution is -2.13. The molecule has 0 spiro atoms. The Hall–Kier alpha value is -3.27. The number of amides is 1. The summed E-state index contributed by atoms with van der Waals surface area (Å²) in [4.78, 5) is 12.6. The maximum absolute atomic E-state index is 12.6. The Balaban J connectivity index is 1.62. The standard InChI is InChI=1S/C23H23NO3/c1-2-26-22-14-7-6-13-21(22)24-23(25)19-11-8-12-20(17-19)27-16-15-18-9-4-3-5-10-18/h3-14,17H,2,15-16H2,1H3,(H,24,25). The maximum atomic E-state index is 12.6. The van der Waals surface area contributed by atoms with E-state index in [4.69, 9.17) is 9.47 Å². The van der Waals surface area contributed by atoms with Crippen LogP contribution in [0.5, 0.6) is 11.5 Å². The molecule has 0 radical (unpaired) electrons. The van der Waals surface area contributed by atoms with Crippen LogP contribution in [0.4, 0.5) is 5.69 Å². The predicted molar refractivity (Wildman–Crippen MR) is 108 cm³/mol. The second kappa shape index (κ2) is 9.43. The molecular weight excluding hydrogens is 338 g/mol. The van der Waals surface area contributed by atoms with Gasteiger partial charge in [0.05, 0.1) is 18.9 Å². The third-order valence-corrected chi connectivity index (χ3v) is 4.03. The van der Waals surface area contributed by atoms with Crippen LogP contribution in [0.1, 0.15) is 22.8 Å². The van der Waals surface area contributed by atoms with Crippen LogP contribution in [0.15, 0.2) is 78.9 Å². The largest absolute Gasteiger partial charge is 0.493 e. The van der Waals surface area contributed by atoms with Crippen LogP contribution < -0.4 is 14.8 Å². The van der Waals surface area contributed by atoms with Crippen LogP contribution in [0, 0.1) is 0 Å². The fraction of sp³-hybridized carbons (Fsp3) is 0.174. The molecule has 3 aromatic carbocycles. The van der Waals surface area contributed by atoms with E-state index in [0.717, 1.165) is 6.42 Å². The number of benzene rings is 3. The molecule has 4 nitrogen and oxygen atoms in total. The Kier molecular flexibility index (Phi) is 6.47. The van der Waals surface area contributed by atoms with Crippen molar-refractivity contribution in [2.75, 3.05) is 18.5 Å². The molecule has 0 atom stereocenters. The van der Waals surface area contributed by atoms with Crippen LogP contribution in [0.25, 0.3) is 0 Å². The van der Waals surface area contributed by atoms with Gasteiger partial charge >= 0.3 is 0 Å². The van der Waals surface area contributed by atoms with Crippen LogP contribution in [-0.4, -0.2) is 19.1 Å². The van der Waals surface area contributed by atoms with Crippen LogP contribution in [0.2, 0.25) is 0 Å². The van der Waals surface area contributed by atoms with Gasteiger partial charge in [-0.15, -0.1) is 0 Å². The summed E-state index contributed by atoms with van der Waals surface area (Å²) in [5.41, 5.74) is 2.41. The van der Waals surface area contributed by atoms with Gasteiger partial charge in [0.2, 0.25) is 0 Å². The van der Waals surface area contributed by atoms with Crippen molar-refractivity contribution in [2.24, 2.45) is 0 Å². The smallest absolute Gasteiger partial charge is 0.255 e. The SMILES string of the molecule is CCOc1ccccc1NC(=O)c1cccc(OCCc2ccccc2)c1. The second-order valence-electron chi connectivity index (χ2n) is 6.00. The topological polar surface area (TPSA) is 47.6 Å². The molecule has 0 heterocycles. The van der Waals surface area contributed by atoms with Crippen molar-refractivity contribution in [1.29, 1.82) is 0 Å². The molecule has 27 heavy (non-hydrogen) atoms. The fourth-order valence-electron chi connectivity index (χ4n) is 2.70. The lowest BCUT2D eigenvalue weighted by atomic mass is 10.1. The summed E-state index contributed by atoms with van der Waals surface area (Å²) in [6, 6.07) is 24.8. The summed E-state index contributed by atoms with van der Waals surface area (Å²) in [5.74, 6) is 1.14. The van der Waals surface area contributed by atoms with Crippen molar-refractivity contribution in [3.05, 3.63) is 90.0 Å². The summed E-state index contributed by atoms with van der Waals surface area (Å²) in [7, 11) is 0. The second-order valence-corrected chi connectivity index (χ2v) is 6.00. The molecule has 1 N–H and O–H groups in total. The van der Waals surface area contributed by atoms with Crippen molar-refractivity contribution in [1.82, 2.24) is 0 Å². The first-order valence-corrected chi connectivity index (χ1v) is 9.06. The molecule has 138 valence electrons. The number of rotatable bonds is 8. The number of anilines is 1. The molecule has 3 aromatic rings. The molecule has 0 fully saturated rings. The zero-order valence-corrected chi connectivity index (χ0v) is 15.4. The van der Waals surface area contributed by atoms with Gasteiger partial charge < -0.3 is 14.8 Å². The van der Waals surface area contributed by atoms with Gasteiger partial charge in [-0.2, -0.15) is 0 Å². The zero-order chi connectivity index (χ0) is 18.9. The van der Waals surface area contributed by atoms with Crippen LogP contribution in [0.3, 0.4) is 0 Å². The van der Waals surface area contributed by atoms with Crippen molar-refractivity contribution < 1.29 is 14.3 Å². The Morgan fingerprint density at radius 2 is 1.67 bits per heavy atom. The summed E-state index contributed by atoms with van der Waals surface area (Å²) >= 11 is 0. The Morgan fingerprint density at radius 1 is 0.889 bits per heavy atom. The minimum atomic E-state index is -0.198. The highest BCUT2D eigenvalue weighted by Crippen LogP contribution is 2.24. The lowest BCUT2D eigenvalue weighted by Gasteiger charge is -2.12. The molecule has 4 heteroatoms. The number of carbonyl (C=O) groups is 1. The van der Waals surface area contributed by atoms with E-state index in [0.29, 0.717) is 36.0 Å². The number of carbonyl (C=O) groups excluding carboxylic acids is 1. The first kappa shape index (κ1) is 18.5. The molecule has 0 aliphatic heterocycles. The van der Waals surface area contributed by atoms with Crippen LogP contribution in [-0.2, 0) is 6.42 Å². The predicted octanol–water partition coefficient (Wildman–Crippen LogP) is 4.96. The van der Waals surface area contributed by atoms with E-state index < -0.39 is 0 Å². The van der Waals surface area contributed by atoms with E-state index in [9.17, 15) is 4.79 Å². The summed E-state index contributed by atoms with van der Waals surface area (Å²) in [6.07, 6.45) is 0.818. The van der Waals surface area contributed by atoms with Gasteiger partial charge in [0.1, 0.15) is 11.5 Å². The van der Waals surface area contributed by atoms with Gasteiger partial charge in [0.25, 0.3) is 5.91 Å². The highest BCUT2D eigenvalue weighted by Gasteiger charge is 2.10. The van der Waals surface area contributed by atoms with Gasteiger partial charge in [0.15, 0.2) is 0 Å². The monoisotopic (exact) mass is 361 g/mol. The fourth-order valence-corrected chi connectivity index (χ4v) is 2.70. The van der Waals surface area contributed by atoms with Gasteiger partial charge in [-0.25, -0.2) is 0 Å². The van der Waals surface area contributed by atoms with Crippen molar-refractivity contribution >= 4 is 11.6 Å². The van der Waals surface area contributed by atoms with E-state index in [1.807, 2.05) is 61.5 Å². The van der Waals surface area contributed by atoms with Crippen LogP contribution >= 0.6 is 0 Å². The average molecular weight is 361 g/mol. The van der Waals surface area contributed by atoms with Gasteiger partial charge in [-0.3, -0.25) is 4.79 Å². The number of nitrogens with one attached hydrogen (secondary N) is 1. The van der Waals surface area contributed by atoms with Gasteiger partial charge in [-0.05, 0) is 42.8 Å². The van der Waals surface area contributed by atoms with Gasteiger partial charge in [0, 0.05) is 12.0 Å². The summed E-state index contributed by atoms with van der Waals surface area (Å²) in [5, 5.41) is 2.90. The average Bonchev–Trinajstić information content (AvgIpc) is 2.71. The Morgan fingerprint density at radius 3 is 2.48 bits per heavy atom. The summed E-state index contributed by atoms with van der Waals surface area (Å²) in [6.45, 7) is 3.01. The molecule has 3 rings (SSSR count). The Bertz CT molecular complexity index is 878. The number of ether oxygens (including phenoxy) is 2. The van der Waals surface area contributed by atoms with E-state index >= 15 is 0 Å². The number of para-hydroxylation sites is 2. The number of hydrogen-bond acceptors (Lipinski definition) is 3. The quantitative estimate of drug-likeness (QED) is 0.617. The highest BCUT2D eigenvalue weighted by molar-refractivity contribution is 6.05. The molecule has 0 saturated heterocycles. The molecule has 0 unspecified atom stereocenters. The molecule has 0 aliphatic rings. The normalized spacial score (nSPS) is 10.3. The third kappa shape index (κ3) is 5.35. The minimum absolute atomic E-state index is 0.198. The van der Waals surface area contributed by atoms with Crippen molar-refractivity contribution in [2.45, 2.75) is 13.3 Å². The molecule has 1 amide bonds. The Labute approximate surface area is 159 Å². The van der Waals surface area contributed by atoms with Crippen molar-refractivity contribution in [3.8, 4) is 11.5 Å². The minimum Gasteiger partial charge on any atom is -0.493 e. The van der Waals surface area contributed by atoms with E-state index in [1.54, 1.807) is 12.1 Å². The first-order valence-electron chi connectivity index (χ1n) is 9.06. The molecule has 0 saturated carbocycles. The van der Waals surface area contributed by atoms with E-state index in [-0.39, 0.29) is 5.91 Å². The molecule has 0 bridgehead atoms. The number of hydrogen-bond donors (Lipinski definition) is 1. The lowest BCUT2D eigenvalue weighted by molar-refractivity contribution is 0.102. The zero-order valence-electron chi connectivity index (χ0n) is 15.4. The molecular formula is C23H23NO3. The first-order chi connectivity index (χ1) is 13.3. The molecule has 0 aliphatic carbocycles. The van der Waals surface area contributed by atoms with Gasteiger partial charge in [-0.1, -0.05) is 48.5 Å². The summed E-state index contributed by atoms with van der Waals surface area (Å²) < 4.78 is 11.4. The van der Waals surface area contributed by atoms with Crippen molar-refractivity contribution in [3.63, 3.8) is 0 Å².